The maximum absolute atomic E-state index is 9.63. The molecule has 0 unspecified atom stereocenters. The SMILES string of the molecule is Oc1ccc2c(c1)Oc1ncnc(Nc3cccc(Br)c3)c1N=C2. The average Bonchev–Trinajstić information content (AvgIpc) is 2.74. The first kappa shape index (κ1) is 14.6. The van der Waals surface area contributed by atoms with E-state index in [9.17, 15) is 5.11 Å². The summed E-state index contributed by atoms with van der Waals surface area (Å²) in [5.41, 5.74) is 2.10. The van der Waals surface area contributed by atoms with Crippen molar-refractivity contribution in [3.8, 4) is 17.4 Å². The van der Waals surface area contributed by atoms with Gasteiger partial charge in [-0.3, -0.25) is 0 Å². The molecule has 0 saturated heterocycles. The van der Waals surface area contributed by atoms with Crippen molar-refractivity contribution in [3.63, 3.8) is 0 Å². The molecule has 2 aromatic carbocycles. The third-order valence-electron chi connectivity index (χ3n) is 3.41. The number of hydrogen-bond donors (Lipinski definition) is 2. The van der Waals surface area contributed by atoms with Crippen molar-refractivity contribution in [2.24, 2.45) is 4.99 Å². The summed E-state index contributed by atoms with van der Waals surface area (Å²) in [6.45, 7) is 0. The standard InChI is InChI=1S/C17H11BrN4O2/c18-11-2-1-3-12(6-11)22-16-15-17(21-9-20-16)24-14-7-13(23)5-4-10(14)8-19-15/h1-9,23H,(H,20,21,22). The molecule has 0 bridgehead atoms. The van der Waals surface area contributed by atoms with Gasteiger partial charge in [-0.2, -0.15) is 4.98 Å². The van der Waals surface area contributed by atoms with Gasteiger partial charge in [-0.1, -0.05) is 22.0 Å². The van der Waals surface area contributed by atoms with Crippen LogP contribution in [-0.4, -0.2) is 21.3 Å². The van der Waals surface area contributed by atoms with Crippen molar-refractivity contribution in [3.05, 3.63) is 58.8 Å². The van der Waals surface area contributed by atoms with Crippen molar-refractivity contribution < 1.29 is 9.84 Å². The lowest BCUT2D eigenvalue weighted by molar-refractivity contribution is 0.446. The Kier molecular flexibility index (Phi) is 3.62. The first-order valence-corrected chi connectivity index (χ1v) is 7.91. The first-order chi connectivity index (χ1) is 11.7. The number of benzene rings is 2. The Labute approximate surface area is 146 Å². The topological polar surface area (TPSA) is 79.6 Å². The van der Waals surface area contributed by atoms with E-state index < -0.39 is 0 Å². The molecule has 0 atom stereocenters. The van der Waals surface area contributed by atoms with E-state index in [0.29, 0.717) is 23.1 Å². The molecule has 2 N–H and O–H groups in total. The predicted octanol–water partition coefficient (Wildman–Crippen LogP) is 4.54. The van der Waals surface area contributed by atoms with Crippen LogP contribution >= 0.6 is 15.9 Å². The molecule has 24 heavy (non-hydrogen) atoms. The Morgan fingerprint density at radius 3 is 2.88 bits per heavy atom. The van der Waals surface area contributed by atoms with E-state index in [0.717, 1.165) is 15.7 Å². The highest BCUT2D eigenvalue weighted by atomic mass is 79.9. The van der Waals surface area contributed by atoms with Crippen LogP contribution in [0.15, 0.2) is 58.3 Å². The van der Waals surface area contributed by atoms with E-state index in [-0.39, 0.29) is 5.75 Å². The van der Waals surface area contributed by atoms with Gasteiger partial charge in [0.15, 0.2) is 11.5 Å². The molecule has 2 heterocycles. The molecular formula is C17H11BrN4O2. The van der Waals surface area contributed by atoms with Crippen LogP contribution in [0.2, 0.25) is 0 Å². The number of aromatic hydroxyl groups is 1. The summed E-state index contributed by atoms with van der Waals surface area (Å²) in [6, 6.07) is 12.6. The molecule has 0 aliphatic carbocycles. The summed E-state index contributed by atoms with van der Waals surface area (Å²) >= 11 is 3.44. The number of hydrogen-bond acceptors (Lipinski definition) is 6. The number of ether oxygens (including phenoxy) is 1. The summed E-state index contributed by atoms with van der Waals surface area (Å²) < 4.78 is 6.75. The maximum atomic E-state index is 9.63. The lowest BCUT2D eigenvalue weighted by Crippen LogP contribution is -1.97. The molecular weight excluding hydrogens is 372 g/mol. The molecule has 4 rings (SSSR count). The Morgan fingerprint density at radius 1 is 1.08 bits per heavy atom. The summed E-state index contributed by atoms with van der Waals surface area (Å²) in [5, 5.41) is 12.8. The highest BCUT2D eigenvalue weighted by molar-refractivity contribution is 9.10. The third kappa shape index (κ3) is 2.81. The van der Waals surface area contributed by atoms with Crippen LogP contribution in [-0.2, 0) is 0 Å². The van der Waals surface area contributed by atoms with Crippen LogP contribution in [0.3, 0.4) is 0 Å². The Morgan fingerprint density at radius 2 is 2.00 bits per heavy atom. The summed E-state index contributed by atoms with van der Waals surface area (Å²) in [5.74, 6) is 1.46. The smallest absolute Gasteiger partial charge is 0.250 e. The summed E-state index contributed by atoms with van der Waals surface area (Å²) in [6.07, 6.45) is 3.07. The predicted molar refractivity (Wildman–Crippen MR) is 94.9 cm³/mol. The summed E-state index contributed by atoms with van der Waals surface area (Å²) in [4.78, 5) is 12.9. The van der Waals surface area contributed by atoms with Gasteiger partial charge in [0.05, 0.1) is 0 Å². The molecule has 0 spiro atoms. The van der Waals surface area contributed by atoms with Crippen LogP contribution in [0, 0.1) is 0 Å². The van der Waals surface area contributed by atoms with Gasteiger partial charge >= 0.3 is 0 Å². The number of halogens is 1. The van der Waals surface area contributed by atoms with E-state index in [1.165, 1.54) is 12.4 Å². The van der Waals surface area contributed by atoms with E-state index in [4.69, 9.17) is 4.74 Å². The minimum absolute atomic E-state index is 0.118. The number of phenols is 1. The Bertz CT molecular complexity index is 959. The van der Waals surface area contributed by atoms with Gasteiger partial charge in [0.2, 0.25) is 0 Å². The molecule has 6 nitrogen and oxygen atoms in total. The van der Waals surface area contributed by atoms with Gasteiger partial charge < -0.3 is 15.2 Å². The first-order valence-electron chi connectivity index (χ1n) is 7.11. The monoisotopic (exact) mass is 382 g/mol. The minimum atomic E-state index is 0.118. The van der Waals surface area contributed by atoms with Crippen LogP contribution < -0.4 is 10.1 Å². The van der Waals surface area contributed by atoms with Gasteiger partial charge in [-0.25, -0.2) is 9.98 Å². The van der Waals surface area contributed by atoms with Crippen molar-refractivity contribution >= 4 is 39.3 Å². The molecule has 0 saturated carbocycles. The zero-order valence-electron chi connectivity index (χ0n) is 12.3. The summed E-state index contributed by atoms with van der Waals surface area (Å²) in [7, 11) is 0. The largest absolute Gasteiger partial charge is 0.508 e. The van der Waals surface area contributed by atoms with Crippen molar-refractivity contribution in [2.45, 2.75) is 0 Å². The van der Waals surface area contributed by atoms with Crippen LogP contribution in [0.25, 0.3) is 0 Å². The van der Waals surface area contributed by atoms with Crippen LogP contribution in [0.1, 0.15) is 5.56 Å². The number of aliphatic imine (C=N–C) groups is 1. The van der Waals surface area contributed by atoms with Gasteiger partial charge in [0.25, 0.3) is 5.88 Å². The van der Waals surface area contributed by atoms with Crippen molar-refractivity contribution in [2.75, 3.05) is 5.32 Å². The molecule has 0 radical (unpaired) electrons. The maximum Gasteiger partial charge on any atom is 0.250 e. The fraction of sp³-hybridized carbons (Fsp3) is 0. The number of nitrogens with one attached hydrogen (secondary N) is 1. The number of fused-ring (bicyclic) bond motifs is 2. The fourth-order valence-corrected chi connectivity index (χ4v) is 2.70. The van der Waals surface area contributed by atoms with Crippen LogP contribution in [0.4, 0.5) is 17.2 Å². The highest BCUT2D eigenvalue weighted by Gasteiger charge is 2.18. The minimum Gasteiger partial charge on any atom is -0.508 e. The zero-order valence-corrected chi connectivity index (χ0v) is 13.9. The number of rotatable bonds is 2. The third-order valence-corrected chi connectivity index (χ3v) is 3.91. The molecule has 1 aliphatic heterocycles. The van der Waals surface area contributed by atoms with E-state index in [2.05, 4.69) is 36.2 Å². The second-order valence-electron chi connectivity index (χ2n) is 5.09. The number of phenolic OH excluding ortho intramolecular Hbond substituents is 1. The number of nitrogens with zero attached hydrogens (tertiary/aromatic N) is 3. The second kappa shape index (κ2) is 5.93. The normalized spacial score (nSPS) is 11.9. The Hall–Kier alpha value is -2.93. The lowest BCUT2D eigenvalue weighted by Gasteiger charge is -2.11. The number of anilines is 2. The van der Waals surface area contributed by atoms with Gasteiger partial charge in [-0.05, 0) is 30.3 Å². The van der Waals surface area contributed by atoms with E-state index in [1.807, 2.05) is 24.3 Å². The highest BCUT2D eigenvalue weighted by Crippen LogP contribution is 2.40. The molecule has 118 valence electrons. The van der Waals surface area contributed by atoms with Gasteiger partial charge in [-0.15, -0.1) is 0 Å². The molecule has 1 aromatic heterocycles. The molecule has 0 amide bonds. The fourth-order valence-electron chi connectivity index (χ4n) is 2.30. The molecule has 7 heteroatoms. The van der Waals surface area contributed by atoms with Crippen molar-refractivity contribution in [1.82, 2.24) is 9.97 Å². The quantitative estimate of drug-likeness (QED) is 0.531. The van der Waals surface area contributed by atoms with E-state index >= 15 is 0 Å². The van der Waals surface area contributed by atoms with Gasteiger partial charge in [0, 0.05) is 28.0 Å². The Balaban J connectivity index is 1.75. The van der Waals surface area contributed by atoms with Crippen LogP contribution in [0.5, 0.6) is 17.4 Å². The zero-order chi connectivity index (χ0) is 16.5. The van der Waals surface area contributed by atoms with Crippen molar-refractivity contribution in [1.29, 1.82) is 0 Å². The van der Waals surface area contributed by atoms with E-state index in [1.54, 1.807) is 18.3 Å². The molecule has 0 fully saturated rings. The second-order valence-corrected chi connectivity index (χ2v) is 6.01. The molecule has 1 aliphatic rings. The van der Waals surface area contributed by atoms with Gasteiger partial charge in [0.1, 0.15) is 17.8 Å². The lowest BCUT2D eigenvalue weighted by atomic mass is 10.2. The molecule has 3 aromatic rings. The number of aromatic nitrogens is 2. The average molecular weight is 383 g/mol.